The maximum atomic E-state index is 11.3. The van der Waals surface area contributed by atoms with Crippen LogP contribution in [-0.4, -0.2) is 11.1 Å². The Bertz CT molecular complexity index is 847. The number of aromatic carboxylic acids is 1. The minimum absolute atomic E-state index is 0.0298. The highest BCUT2D eigenvalue weighted by molar-refractivity contribution is 5.98. The summed E-state index contributed by atoms with van der Waals surface area (Å²) in [7, 11) is 0. The predicted octanol–water partition coefficient (Wildman–Crippen LogP) is 4.58. The third kappa shape index (κ3) is 2.80. The molecule has 0 saturated carbocycles. The number of benzene rings is 2. The van der Waals surface area contributed by atoms with Crippen molar-refractivity contribution in [3.63, 3.8) is 0 Å². The monoisotopic (exact) mass is 310 g/mol. The number of carbonyl (C=O) groups is 1. The molecule has 23 heavy (non-hydrogen) atoms. The third-order valence-corrected chi connectivity index (χ3v) is 3.93. The highest BCUT2D eigenvalue weighted by atomic mass is 16.5. The second-order valence-electron chi connectivity index (χ2n) is 5.42. The first-order valence-corrected chi connectivity index (χ1v) is 7.56. The zero-order chi connectivity index (χ0) is 16.4. The molecule has 0 fully saturated rings. The quantitative estimate of drug-likeness (QED) is 0.749. The summed E-state index contributed by atoms with van der Waals surface area (Å²) in [5.41, 5.74) is 3.24. The molecule has 0 spiro atoms. The van der Waals surface area contributed by atoms with Gasteiger partial charge in [0.1, 0.15) is 17.9 Å². The average molecular weight is 310 g/mol. The number of rotatable bonds is 5. The third-order valence-electron chi connectivity index (χ3n) is 3.93. The van der Waals surface area contributed by atoms with E-state index in [4.69, 9.17) is 9.15 Å². The van der Waals surface area contributed by atoms with Crippen LogP contribution in [0.2, 0.25) is 0 Å². The summed E-state index contributed by atoms with van der Waals surface area (Å²) in [4.78, 5) is 11.3. The zero-order valence-corrected chi connectivity index (χ0v) is 13.1. The SMILES string of the molecule is CCc1ccc2oc(C(=O)O)c(C)c2c1OCc1ccccc1. The molecule has 4 heteroatoms. The minimum atomic E-state index is -1.06. The van der Waals surface area contributed by atoms with Crippen molar-refractivity contribution in [2.45, 2.75) is 26.9 Å². The van der Waals surface area contributed by atoms with E-state index in [9.17, 15) is 9.90 Å². The van der Waals surface area contributed by atoms with E-state index in [1.165, 1.54) is 0 Å². The molecule has 118 valence electrons. The minimum Gasteiger partial charge on any atom is -0.488 e. The van der Waals surface area contributed by atoms with E-state index in [0.29, 0.717) is 23.5 Å². The molecular formula is C19H18O4. The van der Waals surface area contributed by atoms with Crippen molar-refractivity contribution in [1.82, 2.24) is 0 Å². The van der Waals surface area contributed by atoms with Gasteiger partial charge < -0.3 is 14.3 Å². The fourth-order valence-corrected chi connectivity index (χ4v) is 2.73. The second kappa shape index (κ2) is 6.16. The maximum absolute atomic E-state index is 11.3. The number of furan rings is 1. The van der Waals surface area contributed by atoms with E-state index in [1.54, 1.807) is 6.92 Å². The van der Waals surface area contributed by atoms with Gasteiger partial charge in [0, 0.05) is 5.56 Å². The molecule has 2 aromatic carbocycles. The summed E-state index contributed by atoms with van der Waals surface area (Å²) in [6.45, 7) is 4.23. The highest BCUT2D eigenvalue weighted by Gasteiger charge is 2.21. The first-order valence-electron chi connectivity index (χ1n) is 7.56. The van der Waals surface area contributed by atoms with E-state index in [2.05, 4.69) is 0 Å². The molecule has 1 aromatic heterocycles. The molecule has 0 radical (unpaired) electrons. The van der Waals surface area contributed by atoms with Crippen LogP contribution in [0.25, 0.3) is 11.0 Å². The lowest BCUT2D eigenvalue weighted by molar-refractivity contribution is 0.0664. The van der Waals surface area contributed by atoms with Gasteiger partial charge >= 0.3 is 5.97 Å². The van der Waals surface area contributed by atoms with Crippen molar-refractivity contribution in [2.75, 3.05) is 0 Å². The predicted molar refractivity (Wildman–Crippen MR) is 88.1 cm³/mol. The van der Waals surface area contributed by atoms with Crippen molar-refractivity contribution in [1.29, 1.82) is 0 Å². The number of hydrogen-bond donors (Lipinski definition) is 1. The maximum Gasteiger partial charge on any atom is 0.372 e. The largest absolute Gasteiger partial charge is 0.488 e. The molecule has 0 saturated heterocycles. The van der Waals surface area contributed by atoms with Crippen LogP contribution < -0.4 is 4.74 Å². The van der Waals surface area contributed by atoms with Crippen LogP contribution in [0.15, 0.2) is 46.9 Å². The summed E-state index contributed by atoms with van der Waals surface area (Å²) in [6, 6.07) is 13.6. The smallest absolute Gasteiger partial charge is 0.372 e. The van der Waals surface area contributed by atoms with E-state index < -0.39 is 5.97 Å². The lowest BCUT2D eigenvalue weighted by Crippen LogP contribution is -2.00. The molecule has 0 bridgehead atoms. The summed E-state index contributed by atoms with van der Waals surface area (Å²) in [6.07, 6.45) is 0.799. The lowest BCUT2D eigenvalue weighted by atomic mass is 10.0. The second-order valence-corrected chi connectivity index (χ2v) is 5.42. The Hall–Kier alpha value is -2.75. The Morgan fingerprint density at radius 1 is 1.17 bits per heavy atom. The molecule has 0 amide bonds. The number of carboxylic acid groups (broad SMARTS) is 1. The Labute approximate surface area is 134 Å². The van der Waals surface area contributed by atoms with Crippen LogP contribution in [0.4, 0.5) is 0 Å². The number of ether oxygens (including phenoxy) is 1. The molecule has 1 heterocycles. The van der Waals surface area contributed by atoms with E-state index >= 15 is 0 Å². The summed E-state index contributed by atoms with van der Waals surface area (Å²) in [5.74, 6) is -0.383. The Kier molecular flexibility index (Phi) is 4.06. The van der Waals surface area contributed by atoms with Crippen LogP contribution in [0, 0.1) is 6.92 Å². The molecule has 0 aliphatic rings. The summed E-state index contributed by atoms with van der Waals surface area (Å²) in [5, 5.41) is 10.0. The number of fused-ring (bicyclic) bond motifs is 1. The van der Waals surface area contributed by atoms with Crippen molar-refractivity contribution in [2.24, 2.45) is 0 Å². The normalized spacial score (nSPS) is 10.9. The number of carboxylic acids is 1. The molecule has 4 nitrogen and oxygen atoms in total. The van der Waals surface area contributed by atoms with Crippen LogP contribution in [0.3, 0.4) is 0 Å². The first kappa shape index (κ1) is 15.2. The molecule has 0 unspecified atom stereocenters. The molecule has 0 aliphatic carbocycles. The van der Waals surface area contributed by atoms with Crippen LogP contribution in [0.5, 0.6) is 5.75 Å². The lowest BCUT2D eigenvalue weighted by Gasteiger charge is -2.12. The van der Waals surface area contributed by atoms with Crippen molar-refractivity contribution in [3.05, 3.63) is 64.9 Å². The molecule has 0 aliphatic heterocycles. The summed E-state index contributed by atoms with van der Waals surface area (Å²) < 4.78 is 11.5. The van der Waals surface area contributed by atoms with Gasteiger partial charge in [-0.15, -0.1) is 0 Å². The van der Waals surface area contributed by atoms with Gasteiger partial charge in [0.2, 0.25) is 5.76 Å². The molecular weight excluding hydrogens is 292 g/mol. The molecule has 1 N–H and O–H groups in total. The van der Waals surface area contributed by atoms with Gasteiger partial charge in [0.25, 0.3) is 0 Å². The molecule has 0 atom stereocenters. The average Bonchev–Trinajstić information content (AvgIpc) is 2.91. The highest BCUT2D eigenvalue weighted by Crippen LogP contribution is 2.36. The Morgan fingerprint density at radius 3 is 2.57 bits per heavy atom. The van der Waals surface area contributed by atoms with E-state index in [-0.39, 0.29) is 5.76 Å². The standard InChI is InChI=1S/C19H18O4/c1-3-14-9-10-15-16(12(2)17(23-15)19(20)21)18(14)22-11-13-7-5-4-6-8-13/h4-10H,3,11H2,1-2H3,(H,20,21). The summed E-state index contributed by atoms with van der Waals surface area (Å²) >= 11 is 0. The van der Waals surface area contributed by atoms with Gasteiger partial charge in [-0.05, 0) is 30.5 Å². The van der Waals surface area contributed by atoms with Gasteiger partial charge in [0.05, 0.1) is 5.39 Å². The van der Waals surface area contributed by atoms with Gasteiger partial charge in [-0.2, -0.15) is 0 Å². The van der Waals surface area contributed by atoms with E-state index in [0.717, 1.165) is 22.9 Å². The molecule has 3 rings (SSSR count). The van der Waals surface area contributed by atoms with Gasteiger partial charge in [-0.3, -0.25) is 0 Å². The number of aryl methyl sites for hydroxylation is 2. The van der Waals surface area contributed by atoms with E-state index in [1.807, 2.05) is 49.4 Å². The van der Waals surface area contributed by atoms with Crippen molar-refractivity contribution in [3.8, 4) is 5.75 Å². The fourth-order valence-electron chi connectivity index (χ4n) is 2.73. The fraction of sp³-hybridized carbons (Fsp3) is 0.211. The topological polar surface area (TPSA) is 59.7 Å². The van der Waals surface area contributed by atoms with Crippen molar-refractivity contribution < 1.29 is 19.1 Å². The van der Waals surface area contributed by atoms with Crippen molar-refractivity contribution >= 4 is 16.9 Å². The Balaban J connectivity index is 2.07. The first-order chi connectivity index (χ1) is 11.1. The van der Waals surface area contributed by atoms with Crippen LogP contribution >= 0.6 is 0 Å². The van der Waals surface area contributed by atoms with Gasteiger partial charge in [0.15, 0.2) is 0 Å². The number of hydrogen-bond acceptors (Lipinski definition) is 3. The zero-order valence-electron chi connectivity index (χ0n) is 13.1. The van der Waals surface area contributed by atoms with Crippen LogP contribution in [0.1, 0.15) is 34.2 Å². The van der Waals surface area contributed by atoms with Gasteiger partial charge in [-0.25, -0.2) is 4.79 Å². The van der Waals surface area contributed by atoms with Crippen LogP contribution in [-0.2, 0) is 13.0 Å². The molecule has 3 aromatic rings. The van der Waals surface area contributed by atoms with Gasteiger partial charge in [-0.1, -0.05) is 43.3 Å². The Morgan fingerprint density at radius 2 is 1.91 bits per heavy atom.